The molecule has 4 N–H and O–H groups in total. The van der Waals surface area contributed by atoms with Crippen LogP contribution in [0.3, 0.4) is 0 Å². The van der Waals surface area contributed by atoms with E-state index in [0.29, 0.717) is 12.2 Å². The van der Waals surface area contributed by atoms with Crippen molar-refractivity contribution in [3.8, 4) is 0 Å². The van der Waals surface area contributed by atoms with E-state index in [0.717, 1.165) is 6.54 Å². The molecule has 2 fully saturated rings. The van der Waals surface area contributed by atoms with Crippen molar-refractivity contribution in [2.45, 2.75) is 31.7 Å². The maximum atomic E-state index is 12.9. The van der Waals surface area contributed by atoms with Crippen LogP contribution >= 0.6 is 0 Å². The van der Waals surface area contributed by atoms with Crippen molar-refractivity contribution in [2.24, 2.45) is 17.4 Å². The third-order valence-electron chi connectivity index (χ3n) is 6.18. The number of primary amides is 1. The van der Waals surface area contributed by atoms with E-state index in [1.54, 1.807) is 14.0 Å². The zero-order valence-corrected chi connectivity index (χ0v) is 14.9. The molecule has 4 aliphatic rings. The second-order valence-corrected chi connectivity index (χ2v) is 7.05. The summed E-state index contributed by atoms with van der Waals surface area (Å²) >= 11 is 0. The SMILES string of the molecule is CCN1C2CN3C4=C(C(=O)C(N)=C(C)C4=O)C(COC(N)=O)C3(OC)C21. The molecule has 26 heavy (non-hydrogen) atoms. The smallest absolute Gasteiger partial charge is 0.404 e. The molecule has 9 heteroatoms. The Hall–Kier alpha value is -2.39. The number of nitrogens with zero attached hydrogens (tertiary/aromatic N) is 2. The molecule has 0 aromatic rings. The fourth-order valence-corrected chi connectivity index (χ4v) is 5.01. The number of Topliss-reactive ketones (excluding diaryl/α,β-unsaturated/α-hetero) is 2. The van der Waals surface area contributed by atoms with Crippen molar-refractivity contribution < 1.29 is 23.9 Å². The van der Waals surface area contributed by atoms with Gasteiger partial charge in [0.2, 0.25) is 11.6 Å². The fourth-order valence-electron chi connectivity index (χ4n) is 5.01. The first-order valence-corrected chi connectivity index (χ1v) is 8.61. The number of carbonyl (C=O) groups excluding carboxylic acids is 3. The van der Waals surface area contributed by atoms with E-state index in [1.165, 1.54) is 0 Å². The van der Waals surface area contributed by atoms with Gasteiger partial charge in [-0.3, -0.25) is 14.5 Å². The number of ketones is 2. The number of amides is 1. The lowest BCUT2D eigenvalue weighted by molar-refractivity contribution is -0.145. The molecule has 4 rings (SSSR count). The molecule has 0 spiro atoms. The number of ether oxygens (including phenoxy) is 2. The van der Waals surface area contributed by atoms with Gasteiger partial charge in [-0.15, -0.1) is 0 Å². The van der Waals surface area contributed by atoms with Gasteiger partial charge in [0.15, 0.2) is 5.72 Å². The lowest BCUT2D eigenvalue weighted by Crippen LogP contribution is -2.55. The predicted molar refractivity (Wildman–Crippen MR) is 89.4 cm³/mol. The van der Waals surface area contributed by atoms with Crippen LogP contribution in [-0.4, -0.2) is 72.1 Å². The van der Waals surface area contributed by atoms with E-state index in [2.05, 4.69) is 4.90 Å². The van der Waals surface area contributed by atoms with Crippen LogP contribution in [0.2, 0.25) is 0 Å². The van der Waals surface area contributed by atoms with Gasteiger partial charge in [0, 0.05) is 30.8 Å². The zero-order valence-electron chi connectivity index (χ0n) is 14.9. The summed E-state index contributed by atoms with van der Waals surface area (Å²) in [5.74, 6) is -1.31. The molecule has 9 nitrogen and oxygen atoms in total. The quantitative estimate of drug-likeness (QED) is 0.485. The van der Waals surface area contributed by atoms with Gasteiger partial charge in [0.05, 0.1) is 23.4 Å². The van der Waals surface area contributed by atoms with Crippen LogP contribution < -0.4 is 11.5 Å². The number of methoxy groups -OCH3 is 1. The van der Waals surface area contributed by atoms with E-state index in [1.807, 2.05) is 11.8 Å². The Morgan fingerprint density at radius 2 is 2.04 bits per heavy atom. The van der Waals surface area contributed by atoms with Crippen molar-refractivity contribution in [2.75, 3.05) is 26.8 Å². The molecule has 0 aromatic heterocycles. The number of piperazine rings is 1. The van der Waals surface area contributed by atoms with E-state index in [4.69, 9.17) is 20.9 Å². The average molecular weight is 362 g/mol. The van der Waals surface area contributed by atoms with Crippen molar-refractivity contribution in [3.05, 3.63) is 22.5 Å². The summed E-state index contributed by atoms with van der Waals surface area (Å²) < 4.78 is 11.0. The minimum Gasteiger partial charge on any atom is -0.449 e. The Morgan fingerprint density at radius 1 is 1.35 bits per heavy atom. The highest BCUT2D eigenvalue weighted by molar-refractivity contribution is 6.25. The van der Waals surface area contributed by atoms with Crippen molar-refractivity contribution in [1.29, 1.82) is 0 Å². The van der Waals surface area contributed by atoms with Crippen LogP contribution in [0.5, 0.6) is 0 Å². The molecule has 3 aliphatic heterocycles. The Morgan fingerprint density at radius 3 is 2.62 bits per heavy atom. The fraction of sp³-hybridized carbons (Fsp3) is 0.588. The number of likely N-dealkylation sites (N-methyl/N-ethyl adjacent to an activating group) is 1. The molecule has 0 saturated carbocycles. The van der Waals surface area contributed by atoms with Gasteiger partial charge in [-0.1, -0.05) is 6.92 Å². The number of allylic oxidation sites excluding steroid dienone is 2. The first-order valence-electron chi connectivity index (χ1n) is 8.61. The van der Waals surface area contributed by atoms with E-state index in [-0.39, 0.29) is 41.3 Å². The summed E-state index contributed by atoms with van der Waals surface area (Å²) in [5, 5.41) is 0. The van der Waals surface area contributed by atoms with Crippen LogP contribution in [0.25, 0.3) is 0 Å². The largest absolute Gasteiger partial charge is 0.449 e. The van der Waals surface area contributed by atoms with Gasteiger partial charge in [0.1, 0.15) is 6.61 Å². The van der Waals surface area contributed by atoms with Gasteiger partial charge in [0.25, 0.3) is 0 Å². The highest BCUT2D eigenvalue weighted by atomic mass is 16.6. The molecule has 3 heterocycles. The van der Waals surface area contributed by atoms with Crippen LogP contribution in [0.1, 0.15) is 13.8 Å². The Bertz CT molecular complexity index is 803. The predicted octanol–water partition coefficient (Wildman–Crippen LogP) is -0.919. The first kappa shape index (κ1) is 17.0. The maximum absolute atomic E-state index is 12.9. The lowest BCUT2D eigenvalue weighted by atomic mass is 9.82. The van der Waals surface area contributed by atoms with Gasteiger partial charge < -0.3 is 25.8 Å². The standard InChI is InChI=1S/C17H22N4O5/c1-4-20-9-5-21-12-10(14(23)11(18)7(2)13(12)22)8(6-26-16(19)24)17(21,25-3)15(9)20/h8-9,15H,4-6,18H2,1-3H3,(H2,19,24). The van der Waals surface area contributed by atoms with Crippen molar-refractivity contribution in [3.63, 3.8) is 0 Å². The lowest BCUT2D eigenvalue weighted by Gasteiger charge is -2.41. The molecule has 0 aromatic carbocycles. The Labute approximate surface area is 150 Å². The summed E-state index contributed by atoms with van der Waals surface area (Å²) in [5.41, 5.74) is 10.9. The number of hydrogen-bond donors (Lipinski definition) is 2. The highest BCUT2D eigenvalue weighted by Gasteiger charge is 2.75. The Kier molecular flexibility index (Phi) is 3.48. The maximum Gasteiger partial charge on any atom is 0.404 e. The second-order valence-electron chi connectivity index (χ2n) is 7.05. The molecule has 2 saturated heterocycles. The number of nitrogens with two attached hydrogens (primary N) is 2. The van der Waals surface area contributed by atoms with Crippen molar-refractivity contribution in [1.82, 2.24) is 9.80 Å². The van der Waals surface area contributed by atoms with Gasteiger partial charge >= 0.3 is 6.09 Å². The number of hydrogen-bond acceptors (Lipinski definition) is 8. The summed E-state index contributed by atoms with van der Waals surface area (Å²) in [6.07, 6.45) is -0.941. The third kappa shape index (κ3) is 1.79. The number of carbonyl (C=O) groups is 3. The van der Waals surface area contributed by atoms with E-state index >= 15 is 0 Å². The van der Waals surface area contributed by atoms with Crippen LogP contribution in [0.4, 0.5) is 4.79 Å². The molecule has 1 aliphatic carbocycles. The normalized spacial score (nSPS) is 37.7. The average Bonchev–Trinajstić information content (AvgIpc) is 3.09. The molecule has 5 unspecified atom stereocenters. The second kappa shape index (κ2) is 5.31. The Balaban J connectivity index is 1.84. The number of fused-ring (bicyclic) bond motifs is 4. The molecular formula is C17H22N4O5. The monoisotopic (exact) mass is 362 g/mol. The van der Waals surface area contributed by atoms with Gasteiger partial charge in [-0.05, 0) is 13.5 Å². The molecule has 140 valence electrons. The summed E-state index contributed by atoms with van der Waals surface area (Å²) in [7, 11) is 1.55. The molecule has 5 atom stereocenters. The van der Waals surface area contributed by atoms with Crippen LogP contribution in [-0.2, 0) is 19.1 Å². The third-order valence-corrected chi connectivity index (χ3v) is 6.18. The zero-order chi connectivity index (χ0) is 19.0. The first-order chi connectivity index (χ1) is 12.3. The molecule has 1 amide bonds. The summed E-state index contributed by atoms with van der Waals surface area (Å²) in [6, 6.07) is 0.239. The number of rotatable bonds is 4. The summed E-state index contributed by atoms with van der Waals surface area (Å²) in [6.45, 7) is 4.85. The molecule has 0 bridgehead atoms. The van der Waals surface area contributed by atoms with E-state index in [9.17, 15) is 14.4 Å². The highest BCUT2D eigenvalue weighted by Crippen LogP contribution is 2.59. The topological polar surface area (TPSA) is 128 Å². The summed E-state index contributed by atoms with van der Waals surface area (Å²) in [4.78, 5) is 41.2. The molecular weight excluding hydrogens is 340 g/mol. The minimum atomic E-state index is -0.947. The van der Waals surface area contributed by atoms with Crippen molar-refractivity contribution >= 4 is 17.7 Å². The van der Waals surface area contributed by atoms with Gasteiger partial charge in [-0.2, -0.15) is 0 Å². The minimum absolute atomic E-state index is 0.00621. The van der Waals surface area contributed by atoms with Crippen LogP contribution in [0, 0.1) is 5.92 Å². The van der Waals surface area contributed by atoms with Crippen LogP contribution in [0.15, 0.2) is 22.5 Å². The van der Waals surface area contributed by atoms with Gasteiger partial charge in [-0.25, -0.2) is 4.79 Å². The molecule has 0 radical (unpaired) electrons. The van der Waals surface area contributed by atoms with E-state index < -0.39 is 23.5 Å².